The first kappa shape index (κ1) is 14.6. The third kappa shape index (κ3) is 2.82. The fourth-order valence-electron chi connectivity index (χ4n) is 2.13. The van der Waals surface area contributed by atoms with E-state index in [2.05, 4.69) is 31.2 Å². The predicted molar refractivity (Wildman–Crippen MR) is 86.3 cm³/mol. The first-order valence-electron chi connectivity index (χ1n) is 6.52. The number of nitrogens with zero attached hydrogens (tertiary/aromatic N) is 2. The van der Waals surface area contributed by atoms with Crippen molar-refractivity contribution in [1.29, 1.82) is 0 Å². The lowest BCUT2D eigenvalue weighted by Crippen LogP contribution is -2.13. The standard InChI is InChI=1S/C16H11BrFN3O/c1-9-6-11(2-3-13(9)17)21-16(22)12-7-10(18)8-14-15(12)20-5-4-19-14/h2-8H,1H3,(H,21,22). The lowest BCUT2D eigenvalue weighted by atomic mass is 10.1. The SMILES string of the molecule is Cc1cc(NC(=O)c2cc(F)cc3nccnc23)ccc1Br. The molecule has 3 aromatic rings. The van der Waals surface area contributed by atoms with Crippen molar-refractivity contribution in [3.05, 3.63) is 64.1 Å². The van der Waals surface area contributed by atoms with Crippen LogP contribution in [0.1, 0.15) is 15.9 Å². The van der Waals surface area contributed by atoms with Crippen LogP contribution in [-0.2, 0) is 0 Å². The lowest BCUT2D eigenvalue weighted by Gasteiger charge is -2.09. The van der Waals surface area contributed by atoms with Gasteiger partial charge in [0, 0.05) is 28.6 Å². The molecule has 0 unspecified atom stereocenters. The van der Waals surface area contributed by atoms with Crippen molar-refractivity contribution < 1.29 is 9.18 Å². The molecule has 2 aromatic carbocycles. The van der Waals surface area contributed by atoms with Crippen LogP contribution in [0.5, 0.6) is 0 Å². The molecule has 1 heterocycles. The van der Waals surface area contributed by atoms with E-state index in [9.17, 15) is 9.18 Å². The van der Waals surface area contributed by atoms with Gasteiger partial charge in [0.15, 0.2) is 0 Å². The van der Waals surface area contributed by atoms with Gasteiger partial charge in [-0.1, -0.05) is 15.9 Å². The van der Waals surface area contributed by atoms with Crippen molar-refractivity contribution in [2.75, 3.05) is 5.32 Å². The largest absolute Gasteiger partial charge is 0.322 e. The molecule has 0 aliphatic carbocycles. The van der Waals surface area contributed by atoms with Gasteiger partial charge in [-0.3, -0.25) is 14.8 Å². The van der Waals surface area contributed by atoms with Crippen molar-refractivity contribution in [3.8, 4) is 0 Å². The van der Waals surface area contributed by atoms with Crippen molar-refractivity contribution in [2.45, 2.75) is 6.92 Å². The smallest absolute Gasteiger partial charge is 0.258 e. The maximum atomic E-state index is 13.7. The molecule has 0 saturated heterocycles. The third-order valence-electron chi connectivity index (χ3n) is 3.20. The number of carbonyl (C=O) groups is 1. The molecule has 0 aliphatic rings. The molecule has 0 atom stereocenters. The minimum absolute atomic E-state index is 0.156. The van der Waals surface area contributed by atoms with E-state index in [1.54, 1.807) is 6.07 Å². The zero-order valence-corrected chi connectivity index (χ0v) is 13.2. The highest BCUT2D eigenvalue weighted by molar-refractivity contribution is 9.10. The van der Waals surface area contributed by atoms with E-state index in [4.69, 9.17) is 0 Å². The third-order valence-corrected chi connectivity index (χ3v) is 4.09. The Hall–Kier alpha value is -2.34. The number of rotatable bonds is 2. The highest BCUT2D eigenvalue weighted by Gasteiger charge is 2.14. The quantitative estimate of drug-likeness (QED) is 0.749. The van der Waals surface area contributed by atoms with Gasteiger partial charge in [-0.15, -0.1) is 0 Å². The van der Waals surface area contributed by atoms with Gasteiger partial charge in [-0.25, -0.2) is 4.39 Å². The summed E-state index contributed by atoms with van der Waals surface area (Å²) < 4.78 is 14.6. The van der Waals surface area contributed by atoms with Gasteiger partial charge in [-0.2, -0.15) is 0 Å². The molecular weight excluding hydrogens is 349 g/mol. The van der Waals surface area contributed by atoms with Crippen LogP contribution in [0.4, 0.5) is 10.1 Å². The Kier molecular flexibility index (Phi) is 3.85. The van der Waals surface area contributed by atoms with Crippen LogP contribution in [-0.4, -0.2) is 15.9 Å². The van der Waals surface area contributed by atoms with Gasteiger partial charge in [0.1, 0.15) is 11.3 Å². The van der Waals surface area contributed by atoms with E-state index < -0.39 is 11.7 Å². The number of benzene rings is 2. The number of fused-ring (bicyclic) bond motifs is 1. The van der Waals surface area contributed by atoms with Crippen LogP contribution in [0.3, 0.4) is 0 Å². The van der Waals surface area contributed by atoms with Gasteiger partial charge >= 0.3 is 0 Å². The molecule has 0 saturated carbocycles. The van der Waals surface area contributed by atoms with Gasteiger partial charge in [0.2, 0.25) is 0 Å². The number of hydrogen-bond acceptors (Lipinski definition) is 3. The monoisotopic (exact) mass is 359 g/mol. The highest BCUT2D eigenvalue weighted by Crippen LogP contribution is 2.22. The summed E-state index contributed by atoms with van der Waals surface area (Å²) in [5.41, 5.74) is 2.49. The van der Waals surface area contributed by atoms with Crippen LogP contribution in [0.2, 0.25) is 0 Å². The first-order chi connectivity index (χ1) is 10.5. The Morgan fingerprint density at radius 2 is 1.95 bits per heavy atom. The second kappa shape index (κ2) is 5.81. The predicted octanol–water partition coefficient (Wildman–Crippen LogP) is 4.09. The molecule has 0 radical (unpaired) electrons. The number of carbonyl (C=O) groups excluding carboxylic acids is 1. The first-order valence-corrected chi connectivity index (χ1v) is 7.31. The fourth-order valence-corrected chi connectivity index (χ4v) is 2.38. The lowest BCUT2D eigenvalue weighted by molar-refractivity contribution is 0.102. The van der Waals surface area contributed by atoms with E-state index >= 15 is 0 Å². The minimum atomic E-state index is -0.523. The highest BCUT2D eigenvalue weighted by atomic mass is 79.9. The molecule has 1 N–H and O–H groups in total. The minimum Gasteiger partial charge on any atom is -0.322 e. The average Bonchev–Trinajstić information content (AvgIpc) is 2.50. The zero-order valence-electron chi connectivity index (χ0n) is 11.6. The molecular formula is C16H11BrFN3O. The Labute approximate surface area is 134 Å². The van der Waals surface area contributed by atoms with Gasteiger partial charge in [-0.05, 0) is 36.8 Å². The normalized spacial score (nSPS) is 10.7. The van der Waals surface area contributed by atoms with Crippen LogP contribution >= 0.6 is 15.9 Å². The van der Waals surface area contributed by atoms with Crippen LogP contribution in [0.15, 0.2) is 47.2 Å². The molecule has 4 nitrogen and oxygen atoms in total. The summed E-state index contributed by atoms with van der Waals surface area (Å²) in [6.07, 6.45) is 2.93. The van der Waals surface area contributed by atoms with Crippen molar-refractivity contribution >= 4 is 38.6 Å². The number of amides is 1. The topological polar surface area (TPSA) is 54.9 Å². The number of nitrogens with one attached hydrogen (secondary N) is 1. The second-order valence-corrected chi connectivity index (χ2v) is 5.65. The number of halogens is 2. The number of hydrogen-bond donors (Lipinski definition) is 1. The maximum Gasteiger partial charge on any atom is 0.258 e. The summed E-state index contributed by atoms with van der Waals surface area (Å²) in [6.45, 7) is 1.92. The molecule has 22 heavy (non-hydrogen) atoms. The molecule has 6 heteroatoms. The molecule has 1 aromatic heterocycles. The van der Waals surface area contributed by atoms with E-state index in [0.717, 1.165) is 16.1 Å². The Morgan fingerprint density at radius 1 is 1.18 bits per heavy atom. The Morgan fingerprint density at radius 3 is 2.73 bits per heavy atom. The Balaban J connectivity index is 2.00. The molecule has 1 amide bonds. The van der Waals surface area contributed by atoms with E-state index in [0.29, 0.717) is 16.7 Å². The van der Waals surface area contributed by atoms with Crippen LogP contribution < -0.4 is 5.32 Å². The van der Waals surface area contributed by atoms with E-state index in [1.807, 2.05) is 19.1 Å². The molecule has 0 aliphatic heterocycles. The fraction of sp³-hybridized carbons (Fsp3) is 0.0625. The van der Waals surface area contributed by atoms with Gasteiger partial charge < -0.3 is 5.32 Å². The summed E-state index contributed by atoms with van der Waals surface area (Å²) in [7, 11) is 0. The summed E-state index contributed by atoms with van der Waals surface area (Å²) in [5.74, 6) is -0.947. The van der Waals surface area contributed by atoms with Gasteiger partial charge in [0.05, 0.1) is 11.1 Å². The molecule has 110 valence electrons. The van der Waals surface area contributed by atoms with E-state index in [1.165, 1.54) is 18.5 Å². The average molecular weight is 360 g/mol. The van der Waals surface area contributed by atoms with Crippen molar-refractivity contribution in [3.63, 3.8) is 0 Å². The molecule has 0 bridgehead atoms. The molecule has 0 spiro atoms. The van der Waals surface area contributed by atoms with Crippen molar-refractivity contribution in [1.82, 2.24) is 9.97 Å². The number of anilines is 1. The summed E-state index contributed by atoms with van der Waals surface area (Å²) in [6, 6.07) is 7.85. The zero-order chi connectivity index (χ0) is 15.7. The van der Waals surface area contributed by atoms with Crippen LogP contribution in [0, 0.1) is 12.7 Å². The Bertz CT molecular complexity index is 882. The number of aromatic nitrogens is 2. The summed E-state index contributed by atoms with van der Waals surface area (Å²) in [5, 5.41) is 2.75. The van der Waals surface area contributed by atoms with Gasteiger partial charge in [0.25, 0.3) is 5.91 Å². The molecule has 3 rings (SSSR count). The maximum absolute atomic E-state index is 13.7. The summed E-state index contributed by atoms with van der Waals surface area (Å²) >= 11 is 3.40. The van der Waals surface area contributed by atoms with Crippen LogP contribution in [0.25, 0.3) is 11.0 Å². The van der Waals surface area contributed by atoms with E-state index in [-0.39, 0.29) is 5.56 Å². The molecule has 0 fully saturated rings. The summed E-state index contributed by atoms with van der Waals surface area (Å²) in [4.78, 5) is 20.6. The second-order valence-electron chi connectivity index (χ2n) is 4.80. The van der Waals surface area contributed by atoms with Crippen molar-refractivity contribution in [2.24, 2.45) is 0 Å². The number of aryl methyl sites for hydroxylation is 1.